The maximum atomic E-state index is 13.8. The van der Waals surface area contributed by atoms with Crippen LogP contribution >= 0.6 is 0 Å². The number of halogens is 2. The lowest BCUT2D eigenvalue weighted by Crippen LogP contribution is -2.37. The molecule has 6 nitrogen and oxygen atoms in total. The van der Waals surface area contributed by atoms with Crippen molar-refractivity contribution in [1.82, 2.24) is 9.97 Å². The largest absolute Gasteiger partial charge is 0.378 e. The molecule has 0 aliphatic carbocycles. The number of hydrogen-bond acceptors (Lipinski definition) is 5. The zero-order chi connectivity index (χ0) is 18.0. The molecule has 0 saturated carbocycles. The average Bonchev–Trinajstić information content (AvgIpc) is 2.58. The highest BCUT2D eigenvalue weighted by molar-refractivity contribution is 6.05. The molecule has 1 saturated heterocycles. The zero-order valence-electron chi connectivity index (χ0n) is 14.0. The van der Waals surface area contributed by atoms with E-state index in [2.05, 4.69) is 15.3 Å². The number of aryl methyl sites for hydroxylation is 2. The van der Waals surface area contributed by atoms with E-state index in [1.807, 2.05) is 4.90 Å². The van der Waals surface area contributed by atoms with Crippen LogP contribution < -0.4 is 10.2 Å². The summed E-state index contributed by atoms with van der Waals surface area (Å²) in [6.45, 7) is 6.01. The van der Waals surface area contributed by atoms with E-state index < -0.39 is 23.1 Å². The predicted molar refractivity (Wildman–Crippen MR) is 88.8 cm³/mol. The van der Waals surface area contributed by atoms with Gasteiger partial charge < -0.3 is 15.0 Å². The molecule has 8 heteroatoms. The molecule has 1 aromatic heterocycles. The Morgan fingerprint density at radius 2 is 1.68 bits per heavy atom. The van der Waals surface area contributed by atoms with Crippen molar-refractivity contribution < 1.29 is 18.3 Å². The second-order valence-corrected chi connectivity index (χ2v) is 5.72. The third-order valence-electron chi connectivity index (χ3n) is 3.98. The third-order valence-corrected chi connectivity index (χ3v) is 3.98. The first kappa shape index (κ1) is 17.2. The van der Waals surface area contributed by atoms with Crippen molar-refractivity contribution in [3.8, 4) is 0 Å². The number of rotatable bonds is 3. The summed E-state index contributed by atoms with van der Waals surface area (Å²) >= 11 is 0. The first-order valence-corrected chi connectivity index (χ1v) is 7.90. The Morgan fingerprint density at radius 1 is 1.12 bits per heavy atom. The summed E-state index contributed by atoms with van der Waals surface area (Å²) in [7, 11) is 0. The lowest BCUT2D eigenvalue weighted by molar-refractivity contribution is 0.101. The van der Waals surface area contributed by atoms with Crippen LogP contribution in [0.15, 0.2) is 18.2 Å². The Balaban J connectivity index is 1.86. The van der Waals surface area contributed by atoms with Crippen molar-refractivity contribution in [2.24, 2.45) is 0 Å². The number of benzene rings is 1. The molecule has 2 aromatic rings. The fourth-order valence-electron chi connectivity index (χ4n) is 2.68. The third kappa shape index (κ3) is 3.58. The maximum Gasteiger partial charge on any atom is 0.261 e. The number of ether oxygens (including phenoxy) is 1. The quantitative estimate of drug-likeness (QED) is 0.923. The molecular weight excluding hydrogens is 330 g/mol. The van der Waals surface area contributed by atoms with Crippen LogP contribution in [0.25, 0.3) is 0 Å². The smallest absolute Gasteiger partial charge is 0.261 e. The van der Waals surface area contributed by atoms with E-state index in [4.69, 9.17) is 4.74 Å². The van der Waals surface area contributed by atoms with E-state index in [0.29, 0.717) is 49.3 Å². The lowest BCUT2D eigenvalue weighted by atomic mass is 10.1. The number of anilines is 2. The van der Waals surface area contributed by atoms with Crippen LogP contribution in [0.2, 0.25) is 0 Å². The van der Waals surface area contributed by atoms with Gasteiger partial charge in [-0.3, -0.25) is 4.79 Å². The van der Waals surface area contributed by atoms with E-state index in [0.717, 1.165) is 12.1 Å². The van der Waals surface area contributed by atoms with Crippen LogP contribution in [0.3, 0.4) is 0 Å². The van der Waals surface area contributed by atoms with E-state index in [1.54, 1.807) is 13.8 Å². The number of carbonyl (C=O) groups excluding carboxylic acids is 1. The fraction of sp³-hybridized carbons (Fsp3) is 0.353. The molecule has 1 fully saturated rings. The molecule has 0 bridgehead atoms. The molecule has 1 N–H and O–H groups in total. The summed E-state index contributed by atoms with van der Waals surface area (Å²) < 4.78 is 32.8. The van der Waals surface area contributed by atoms with E-state index in [-0.39, 0.29) is 0 Å². The molecule has 0 unspecified atom stereocenters. The Bertz CT molecular complexity index is 764. The zero-order valence-corrected chi connectivity index (χ0v) is 14.0. The topological polar surface area (TPSA) is 67.3 Å². The number of amides is 1. The van der Waals surface area contributed by atoms with Gasteiger partial charge in [0.05, 0.1) is 30.3 Å². The van der Waals surface area contributed by atoms with Gasteiger partial charge in [0.25, 0.3) is 5.91 Å². The summed E-state index contributed by atoms with van der Waals surface area (Å²) in [5, 5.41) is 2.52. The van der Waals surface area contributed by atoms with Gasteiger partial charge in [-0.25, -0.2) is 18.7 Å². The average molecular weight is 348 g/mol. The van der Waals surface area contributed by atoms with Crippen molar-refractivity contribution in [3.63, 3.8) is 0 Å². The Kier molecular flexibility index (Phi) is 4.89. The monoisotopic (exact) mass is 348 g/mol. The van der Waals surface area contributed by atoms with Crippen molar-refractivity contribution in [2.45, 2.75) is 13.8 Å². The standard InChI is InChI=1S/C17H18F2N4O2/c1-10-15(22-16(24)14-12(18)4-3-5-13(14)19)11(2)21-17(20-10)23-6-8-25-9-7-23/h3-5H,6-9H2,1-2H3,(H,22,24). The van der Waals surface area contributed by atoms with Crippen LogP contribution in [-0.2, 0) is 4.74 Å². The highest BCUT2D eigenvalue weighted by atomic mass is 19.1. The van der Waals surface area contributed by atoms with Gasteiger partial charge in [-0.1, -0.05) is 6.07 Å². The van der Waals surface area contributed by atoms with Crippen LogP contribution in [0.1, 0.15) is 21.7 Å². The number of aromatic nitrogens is 2. The molecule has 1 aliphatic heterocycles. The summed E-state index contributed by atoms with van der Waals surface area (Å²) in [5.41, 5.74) is 0.779. The highest BCUT2D eigenvalue weighted by Gasteiger charge is 2.21. The minimum atomic E-state index is -0.918. The summed E-state index contributed by atoms with van der Waals surface area (Å²) in [6.07, 6.45) is 0. The Labute approximate surface area is 143 Å². The number of hydrogen-bond donors (Lipinski definition) is 1. The molecule has 0 atom stereocenters. The van der Waals surface area contributed by atoms with E-state index in [9.17, 15) is 13.6 Å². The van der Waals surface area contributed by atoms with Gasteiger partial charge >= 0.3 is 0 Å². The fourth-order valence-corrected chi connectivity index (χ4v) is 2.68. The molecule has 3 rings (SSSR count). The Hall–Kier alpha value is -2.61. The second kappa shape index (κ2) is 7.10. The number of morpholine rings is 1. The molecule has 2 heterocycles. The number of nitrogens with zero attached hydrogens (tertiary/aromatic N) is 3. The SMILES string of the molecule is Cc1nc(N2CCOCC2)nc(C)c1NC(=O)c1c(F)cccc1F. The molecular formula is C17H18F2N4O2. The van der Waals surface area contributed by atoms with Crippen LogP contribution in [-0.4, -0.2) is 42.2 Å². The highest BCUT2D eigenvalue weighted by Crippen LogP contribution is 2.23. The van der Waals surface area contributed by atoms with Gasteiger partial charge in [0.1, 0.15) is 17.2 Å². The summed E-state index contributed by atoms with van der Waals surface area (Å²) in [4.78, 5) is 23.1. The minimum absolute atomic E-state index is 0.352. The maximum absolute atomic E-state index is 13.8. The van der Waals surface area contributed by atoms with Gasteiger partial charge in [-0.15, -0.1) is 0 Å². The molecule has 0 spiro atoms. The summed E-state index contributed by atoms with van der Waals surface area (Å²) in [6, 6.07) is 3.28. The van der Waals surface area contributed by atoms with Crippen LogP contribution in [0, 0.1) is 25.5 Å². The van der Waals surface area contributed by atoms with Crippen molar-refractivity contribution in [2.75, 3.05) is 36.5 Å². The second-order valence-electron chi connectivity index (χ2n) is 5.72. The van der Waals surface area contributed by atoms with Crippen LogP contribution in [0.5, 0.6) is 0 Å². The number of nitrogens with one attached hydrogen (secondary N) is 1. The first-order valence-electron chi connectivity index (χ1n) is 7.90. The van der Waals surface area contributed by atoms with Gasteiger partial charge in [0, 0.05) is 13.1 Å². The lowest BCUT2D eigenvalue weighted by Gasteiger charge is -2.27. The normalized spacial score (nSPS) is 14.5. The Morgan fingerprint density at radius 3 is 2.24 bits per heavy atom. The molecule has 1 aliphatic rings. The summed E-state index contributed by atoms with van der Waals surface area (Å²) in [5.74, 6) is -2.16. The molecule has 1 amide bonds. The van der Waals surface area contributed by atoms with Crippen molar-refractivity contribution in [1.29, 1.82) is 0 Å². The van der Waals surface area contributed by atoms with Gasteiger partial charge in [0.2, 0.25) is 5.95 Å². The predicted octanol–water partition coefficient (Wildman–Crippen LogP) is 2.46. The van der Waals surface area contributed by atoms with E-state index in [1.165, 1.54) is 6.07 Å². The van der Waals surface area contributed by atoms with Gasteiger partial charge in [-0.05, 0) is 26.0 Å². The molecule has 1 aromatic carbocycles. The minimum Gasteiger partial charge on any atom is -0.378 e. The molecule has 25 heavy (non-hydrogen) atoms. The van der Waals surface area contributed by atoms with Crippen molar-refractivity contribution >= 4 is 17.5 Å². The van der Waals surface area contributed by atoms with Crippen molar-refractivity contribution in [3.05, 3.63) is 46.8 Å². The van der Waals surface area contributed by atoms with E-state index >= 15 is 0 Å². The van der Waals surface area contributed by atoms with Gasteiger partial charge in [0.15, 0.2) is 0 Å². The molecule has 0 radical (unpaired) electrons. The first-order chi connectivity index (χ1) is 12.0. The van der Waals surface area contributed by atoms with Crippen LogP contribution in [0.4, 0.5) is 20.4 Å². The number of carbonyl (C=O) groups is 1. The van der Waals surface area contributed by atoms with Gasteiger partial charge in [-0.2, -0.15) is 0 Å². The molecule has 132 valence electrons.